The Hall–Kier alpha value is -5.17. The number of nitrogens with one attached hydrogen (secondary N) is 2. The third kappa shape index (κ3) is 11.2. The van der Waals surface area contributed by atoms with Gasteiger partial charge >= 0.3 is 32.3 Å². The minimum absolute atomic E-state index is 0.0700. The lowest BCUT2D eigenvalue weighted by atomic mass is 9.79. The molecule has 5 saturated heterocycles. The maximum Gasteiger partial charge on any atom is 0.494 e. The van der Waals surface area contributed by atoms with Gasteiger partial charge in [0.15, 0.2) is 0 Å². The molecule has 5 heterocycles. The van der Waals surface area contributed by atoms with Gasteiger partial charge < -0.3 is 38.1 Å². The lowest BCUT2D eigenvalue weighted by Gasteiger charge is -2.35. The van der Waals surface area contributed by atoms with E-state index >= 15 is 0 Å². The molecule has 2 N–H and O–H groups in total. The Morgan fingerprint density at radius 1 is 0.580 bits per heavy atom. The second-order valence-corrected chi connectivity index (χ2v) is 22.0. The van der Waals surface area contributed by atoms with Crippen LogP contribution in [0.5, 0.6) is 0 Å². The molecule has 5 aliphatic heterocycles. The largest absolute Gasteiger partial charge is 0.494 e. The highest BCUT2D eigenvalue weighted by molar-refractivity contribution is 6.62. The number of amides is 7. The van der Waals surface area contributed by atoms with Gasteiger partial charge in [0.05, 0.1) is 35.5 Å². The number of urea groups is 2. The van der Waals surface area contributed by atoms with Crippen LogP contribution < -0.4 is 21.8 Å². The van der Waals surface area contributed by atoms with E-state index in [4.69, 9.17) is 23.4 Å². The number of hydrazine groups is 2. The first-order valence-corrected chi connectivity index (χ1v) is 24.3. The Bertz CT molecular complexity index is 2240. The smallest absolute Gasteiger partial charge is 0.458 e. The van der Waals surface area contributed by atoms with Crippen molar-refractivity contribution in [1.82, 2.24) is 35.6 Å². The molecule has 0 aromatic heterocycles. The minimum Gasteiger partial charge on any atom is -0.458 e. The van der Waals surface area contributed by atoms with Gasteiger partial charge in [0, 0.05) is 26.6 Å². The molecular formula is C49H71B2N7O11. The maximum absolute atomic E-state index is 14.8. The summed E-state index contributed by atoms with van der Waals surface area (Å²) in [5, 5.41) is 2.38. The Balaban J connectivity index is 1.12. The highest BCUT2D eigenvalue weighted by Crippen LogP contribution is 2.38. The second kappa shape index (κ2) is 19.6. The zero-order valence-electron chi connectivity index (χ0n) is 42.5. The molecule has 0 bridgehead atoms. The van der Waals surface area contributed by atoms with Gasteiger partial charge in [0.25, 0.3) is 11.8 Å². The molecule has 2 aromatic carbocycles. The van der Waals surface area contributed by atoms with Crippen molar-refractivity contribution in [2.75, 3.05) is 19.6 Å². The molecular weight excluding hydrogens is 884 g/mol. The zero-order chi connectivity index (χ0) is 50.4. The number of benzene rings is 2. The summed E-state index contributed by atoms with van der Waals surface area (Å²) in [7, 11) is -1.21. The van der Waals surface area contributed by atoms with E-state index in [1.165, 1.54) is 31.6 Å². The van der Waals surface area contributed by atoms with Crippen LogP contribution in [0.2, 0.25) is 0 Å². The summed E-state index contributed by atoms with van der Waals surface area (Å²) in [6.45, 7) is 23.2. The van der Waals surface area contributed by atoms with Crippen LogP contribution in [-0.2, 0) is 55.6 Å². The molecule has 3 atom stereocenters. The van der Waals surface area contributed by atoms with E-state index in [1.807, 2.05) is 104 Å². The Morgan fingerprint density at radius 2 is 0.913 bits per heavy atom. The van der Waals surface area contributed by atoms with Gasteiger partial charge in [-0.15, -0.1) is 0 Å². The molecule has 20 heteroatoms. The van der Waals surface area contributed by atoms with Crippen LogP contribution in [0.15, 0.2) is 48.5 Å². The number of rotatable bonds is 9. The maximum atomic E-state index is 14.8. The van der Waals surface area contributed by atoms with Crippen molar-refractivity contribution in [1.29, 1.82) is 0 Å². The van der Waals surface area contributed by atoms with E-state index < -0.39 is 90.2 Å². The predicted molar refractivity (Wildman–Crippen MR) is 258 cm³/mol. The van der Waals surface area contributed by atoms with Gasteiger partial charge in [-0.1, -0.05) is 48.5 Å². The summed E-state index contributed by atoms with van der Waals surface area (Å²) in [6.07, 6.45) is 2.76. The average Bonchev–Trinajstić information content (AvgIpc) is 4.10. The van der Waals surface area contributed by atoms with E-state index in [0.717, 1.165) is 10.9 Å². The quantitative estimate of drug-likeness (QED) is 0.209. The van der Waals surface area contributed by atoms with E-state index in [2.05, 4.69) is 10.9 Å². The average molecular weight is 956 g/mol. The van der Waals surface area contributed by atoms with Crippen molar-refractivity contribution in [3.8, 4) is 0 Å². The third-order valence-electron chi connectivity index (χ3n) is 14.6. The van der Waals surface area contributed by atoms with Crippen LogP contribution >= 0.6 is 0 Å². The monoisotopic (exact) mass is 956 g/mol. The van der Waals surface area contributed by atoms with Gasteiger partial charge in [-0.25, -0.2) is 24.4 Å². The number of nitrogens with zero attached hydrogens (tertiary/aromatic N) is 5. The zero-order valence-corrected chi connectivity index (χ0v) is 42.5. The molecule has 374 valence electrons. The topological polar surface area (TPSA) is 189 Å². The van der Waals surface area contributed by atoms with Crippen LogP contribution in [0.4, 0.5) is 9.59 Å². The lowest BCUT2D eigenvalue weighted by molar-refractivity contribution is -0.159. The predicted octanol–water partition coefficient (Wildman–Crippen LogP) is 4.17. The van der Waals surface area contributed by atoms with Gasteiger partial charge in [0.1, 0.15) is 23.7 Å². The molecule has 18 nitrogen and oxygen atoms in total. The van der Waals surface area contributed by atoms with Crippen molar-refractivity contribution >= 4 is 60.9 Å². The fourth-order valence-electron chi connectivity index (χ4n) is 9.21. The van der Waals surface area contributed by atoms with E-state index in [9.17, 15) is 28.8 Å². The van der Waals surface area contributed by atoms with Crippen molar-refractivity contribution < 1.29 is 52.1 Å². The first-order valence-electron chi connectivity index (χ1n) is 24.3. The molecule has 0 radical (unpaired) electrons. The summed E-state index contributed by atoms with van der Waals surface area (Å²) in [5.41, 5.74) is 5.59. The first-order chi connectivity index (χ1) is 32.2. The van der Waals surface area contributed by atoms with E-state index in [0.29, 0.717) is 49.8 Å². The number of esters is 1. The van der Waals surface area contributed by atoms with Crippen molar-refractivity contribution in [3.63, 3.8) is 0 Å². The van der Waals surface area contributed by atoms with Crippen LogP contribution in [0.25, 0.3) is 0 Å². The number of likely N-dealkylation sites (tertiary alicyclic amines) is 3. The standard InChI is InChI=1S/C49H71B2N7O11/c1-32(59)54-27-13-16-37(54)40(60)52-57(30-33-19-23-35(24-20-33)50-66-46(5,6)47(7,8)67-50)43(63)55-28-14-17-38(55)41(61)53-58(44(64)56-29-15-18-39(56)42(62)65-45(2,3)4)31-34-21-25-36(26-22-34)51-68-48(9,10)49(11,12)69-51/h19-26,37-39H,13-18,27-31H2,1-12H3,(H,52,60)(H,53,61). The summed E-state index contributed by atoms with van der Waals surface area (Å²) >= 11 is 0. The molecule has 5 fully saturated rings. The van der Waals surface area contributed by atoms with Gasteiger partial charge in [0.2, 0.25) is 5.91 Å². The minimum atomic E-state index is -1.04. The van der Waals surface area contributed by atoms with Crippen molar-refractivity contribution in [2.24, 2.45) is 0 Å². The third-order valence-corrected chi connectivity index (χ3v) is 14.6. The summed E-state index contributed by atoms with van der Waals surface area (Å²) in [6, 6.07) is 10.8. The second-order valence-electron chi connectivity index (χ2n) is 22.0. The summed E-state index contributed by atoms with van der Waals surface area (Å²) < 4.78 is 30.7. The highest BCUT2D eigenvalue weighted by Gasteiger charge is 2.53. The molecule has 0 aliphatic carbocycles. The van der Waals surface area contributed by atoms with Gasteiger partial charge in [-0.3, -0.25) is 25.2 Å². The Kier molecular flexibility index (Phi) is 14.6. The number of hydrogen-bond acceptors (Lipinski definition) is 11. The molecule has 7 amide bonds. The van der Waals surface area contributed by atoms with Crippen LogP contribution in [0.1, 0.15) is 133 Å². The SMILES string of the molecule is CC(=O)N1CCCC1C(=O)NN(Cc1ccc(B2OC(C)(C)C(C)(C)O2)cc1)C(=O)N1CCCC1C(=O)NN(Cc1ccc(B2OC(C)(C)C(C)(C)O2)cc1)C(=O)N1CCCC1C(=O)OC(C)(C)C. The summed E-state index contributed by atoms with van der Waals surface area (Å²) in [5.74, 6) is -1.91. The normalized spacial score (nSPS) is 23.5. The van der Waals surface area contributed by atoms with Crippen molar-refractivity contribution in [3.05, 3.63) is 59.7 Å². The van der Waals surface area contributed by atoms with Crippen LogP contribution in [0, 0.1) is 0 Å². The molecule has 0 spiro atoms. The Labute approximate surface area is 407 Å². The number of hydrogen-bond donors (Lipinski definition) is 2. The molecule has 3 unspecified atom stereocenters. The van der Waals surface area contributed by atoms with Crippen LogP contribution in [0.3, 0.4) is 0 Å². The van der Waals surface area contributed by atoms with Gasteiger partial charge in [-0.05, 0) is 137 Å². The lowest BCUT2D eigenvalue weighted by Crippen LogP contribution is -2.60. The fourth-order valence-corrected chi connectivity index (χ4v) is 9.21. The molecule has 2 aromatic rings. The van der Waals surface area contributed by atoms with Crippen molar-refractivity contribution in [2.45, 2.75) is 181 Å². The molecule has 5 aliphatic rings. The first kappa shape index (κ1) is 51.7. The molecule has 7 rings (SSSR count). The number of ether oxygens (including phenoxy) is 1. The van der Waals surface area contributed by atoms with Gasteiger partial charge in [-0.2, -0.15) is 0 Å². The molecule has 69 heavy (non-hydrogen) atoms. The van der Waals surface area contributed by atoms with E-state index in [1.54, 1.807) is 20.8 Å². The van der Waals surface area contributed by atoms with E-state index in [-0.39, 0.29) is 38.5 Å². The highest BCUT2D eigenvalue weighted by atomic mass is 16.7. The Morgan fingerprint density at radius 3 is 1.28 bits per heavy atom. The number of carbonyl (C=O) groups is 6. The molecule has 0 saturated carbocycles. The fraction of sp³-hybridized carbons (Fsp3) is 0.633. The summed E-state index contributed by atoms with van der Waals surface area (Å²) in [4.78, 5) is 88.2. The number of carbonyl (C=O) groups excluding carboxylic acids is 6. The van der Waals surface area contributed by atoms with Crippen LogP contribution in [-0.4, -0.2) is 140 Å².